The Hall–Kier alpha value is -2.70. The number of rotatable bonds is 3. The van der Waals surface area contributed by atoms with E-state index in [-0.39, 0.29) is 5.75 Å². The maximum absolute atomic E-state index is 13.6. The number of ether oxygens (including phenoxy) is 1. The van der Waals surface area contributed by atoms with Gasteiger partial charge in [0, 0.05) is 0 Å². The number of halogens is 5. The molecule has 0 amide bonds. The van der Waals surface area contributed by atoms with Gasteiger partial charge in [0.25, 0.3) is 0 Å². The lowest BCUT2D eigenvalue weighted by Gasteiger charge is -2.13. The maximum atomic E-state index is 13.6. The van der Waals surface area contributed by atoms with E-state index in [1.165, 1.54) is 12.1 Å². The molecular weight excluding hydrogens is 355 g/mol. The summed E-state index contributed by atoms with van der Waals surface area (Å²) in [7, 11) is 0. The number of esters is 1. The van der Waals surface area contributed by atoms with Crippen LogP contribution in [0.2, 0.25) is 0 Å². The smallest absolute Gasteiger partial charge is 0.349 e. The van der Waals surface area contributed by atoms with Crippen LogP contribution < -0.4 is 4.74 Å². The summed E-state index contributed by atoms with van der Waals surface area (Å²) in [5.74, 6) is -12.9. The van der Waals surface area contributed by atoms with Gasteiger partial charge in [-0.25, -0.2) is 26.7 Å². The third-order valence-electron chi connectivity index (χ3n) is 4.14. The van der Waals surface area contributed by atoms with Crippen LogP contribution in [0.1, 0.15) is 41.6 Å². The molecular formula is C19H13F5O2. The summed E-state index contributed by atoms with van der Waals surface area (Å²) in [5, 5.41) is 0. The third kappa shape index (κ3) is 3.34. The summed E-state index contributed by atoms with van der Waals surface area (Å²) < 4.78 is 71.4. The van der Waals surface area contributed by atoms with Gasteiger partial charge in [-0.15, -0.1) is 0 Å². The summed E-state index contributed by atoms with van der Waals surface area (Å²) in [4.78, 5) is 11.9. The van der Waals surface area contributed by atoms with E-state index in [1.807, 2.05) is 0 Å². The van der Waals surface area contributed by atoms with E-state index in [0.29, 0.717) is 0 Å². The highest BCUT2D eigenvalue weighted by Gasteiger charge is 2.31. The molecule has 0 fully saturated rings. The largest absolute Gasteiger partial charge is 0.423 e. The van der Waals surface area contributed by atoms with Gasteiger partial charge >= 0.3 is 5.97 Å². The lowest BCUT2D eigenvalue weighted by atomic mass is 9.94. The topological polar surface area (TPSA) is 26.3 Å². The molecule has 136 valence electrons. The average molecular weight is 368 g/mol. The van der Waals surface area contributed by atoms with E-state index >= 15 is 0 Å². The molecule has 0 N–H and O–H groups in total. The van der Waals surface area contributed by atoms with Crippen molar-refractivity contribution in [2.75, 3.05) is 0 Å². The second-order valence-corrected chi connectivity index (χ2v) is 5.83. The molecule has 0 heterocycles. The first kappa shape index (κ1) is 18.1. The van der Waals surface area contributed by atoms with E-state index in [1.54, 1.807) is 12.1 Å². The highest BCUT2D eigenvalue weighted by Crippen LogP contribution is 2.29. The first-order chi connectivity index (χ1) is 12.4. The van der Waals surface area contributed by atoms with Crippen molar-refractivity contribution in [3.63, 3.8) is 0 Å². The Morgan fingerprint density at radius 2 is 1.38 bits per heavy atom. The Bertz CT molecular complexity index is 859. The minimum Gasteiger partial charge on any atom is -0.423 e. The van der Waals surface area contributed by atoms with E-state index in [0.717, 1.165) is 36.8 Å². The molecule has 2 aromatic carbocycles. The minimum absolute atomic E-state index is 0.0703. The van der Waals surface area contributed by atoms with Crippen LogP contribution in [0.25, 0.3) is 5.57 Å². The fraction of sp³-hybridized carbons (Fsp3) is 0.211. The zero-order valence-corrected chi connectivity index (χ0v) is 13.4. The molecule has 0 aliphatic heterocycles. The second kappa shape index (κ2) is 7.27. The van der Waals surface area contributed by atoms with Crippen molar-refractivity contribution in [1.82, 2.24) is 0 Å². The van der Waals surface area contributed by atoms with Gasteiger partial charge in [0.2, 0.25) is 5.82 Å². The van der Waals surface area contributed by atoms with Crippen LogP contribution in [0.4, 0.5) is 22.0 Å². The molecule has 1 aliphatic rings. The summed E-state index contributed by atoms with van der Waals surface area (Å²) >= 11 is 0. The molecule has 2 aromatic rings. The third-order valence-corrected chi connectivity index (χ3v) is 4.14. The fourth-order valence-corrected chi connectivity index (χ4v) is 2.78. The molecule has 0 spiro atoms. The zero-order chi connectivity index (χ0) is 18.8. The maximum Gasteiger partial charge on any atom is 0.349 e. The van der Waals surface area contributed by atoms with Gasteiger partial charge in [0.1, 0.15) is 11.3 Å². The molecule has 0 aromatic heterocycles. The van der Waals surface area contributed by atoms with Crippen molar-refractivity contribution in [3.8, 4) is 5.75 Å². The van der Waals surface area contributed by atoms with Gasteiger partial charge < -0.3 is 4.74 Å². The molecule has 0 saturated carbocycles. The molecule has 26 heavy (non-hydrogen) atoms. The van der Waals surface area contributed by atoms with Crippen LogP contribution >= 0.6 is 0 Å². The molecule has 2 nitrogen and oxygen atoms in total. The first-order valence-corrected chi connectivity index (χ1v) is 7.93. The minimum atomic E-state index is -2.33. The van der Waals surface area contributed by atoms with E-state index in [4.69, 9.17) is 4.74 Å². The second-order valence-electron chi connectivity index (χ2n) is 5.83. The summed E-state index contributed by atoms with van der Waals surface area (Å²) in [5.41, 5.74) is 0.440. The Morgan fingerprint density at radius 3 is 1.92 bits per heavy atom. The fourth-order valence-electron chi connectivity index (χ4n) is 2.78. The lowest BCUT2D eigenvalue weighted by molar-refractivity contribution is 0.0721. The standard InChI is InChI=1S/C19H13F5O2/c20-14-13(15(21)17(23)18(24)16(14)22)19(25)26-12-8-6-11(7-9-12)10-4-2-1-3-5-10/h4,6-9H,1-3,5H2. The van der Waals surface area contributed by atoms with E-state index in [2.05, 4.69) is 6.08 Å². The number of allylic oxidation sites excluding steroid dienone is 2. The van der Waals surface area contributed by atoms with Crippen LogP contribution in [-0.2, 0) is 0 Å². The first-order valence-electron chi connectivity index (χ1n) is 7.93. The highest BCUT2D eigenvalue weighted by molar-refractivity contribution is 5.91. The quantitative estimate of drug-likeness (QED) is 0.233. The predicted octanol–water partition coefficient (Wildman–Crippen LogP) is 5.56. The van der Waals surface area contributed by atoms with Gasteiger partial charge in [-0.1, -0.05) is 18.2 Å². The number of hydrogen-bond acceptors (Lipinski definition) is 2. The van der Waals surface area contributed by atoms with Gasteiger partial charge in [-0.3, -0.25) is 0 Å². The average Bonchev–Trinajstić information content (AvgIpc) is 2.66. The Balaban J connectivity index is 1.84. The zero-order valence-electron chi connectivity index (χ0n) is 13.4. The number of benzene rings is 2. The van der Waals surface area contributed by atoms with Crippen molar-refractivity contribution in [2.24, 2.45) is 0 Å². The molecule has 3 rings (SSSR count). The molecule has 0 radical (unpaired) electrons. The molecule has 1 aliphatic carbocycles. The van der Waals surface area contributed by atoms with Crippen molar-refractivity contribution in [2.45, 2.75) is 25.7 Å². The predicted molar refractivity (Wildman–Crippen MR) is 84.1 cm³/mol. The van der Waals surface area contributed by atoms with Gasteiger partial charge in [0.15, 0.2) is 23.3 Å². The number of hydrogen-bond donors (Lipinski definition) is 0. The Labute approximate surface area is 145 Å². The van der Waals surface area contributed by atoms with Crippen LogP contribution in [0.5, 0.6) is 5.75 Å². The van der Waals surface area contributed by atoms with Crippen molar-refractivity contribution >= 4 is 11.5 Å². The number of carbonyl (C=O) groups excluding carboxylic acids is 1. The lowest BCUT2D eigenvalue weighted by Crippen LogP contribution is -2.17. The molecule has 7 heteroatoms. The molecule has 0 bridgehead atoms. The van der Waals surface area contributed by atoms with Crippen LogP contribution in [0.15, 0.2) is 30.3 Å². The summed E-state index contributed by atoms with van der Waals surface area (Å²) in [6.45, 7) is 0. The van der Waals surface area contributed by atoms with E-state index in [9.17, 15) is 26.7 Å². The Kier molecular flexibility index (Phi) is 5.06. The Morgan fingerprint density at radius 1 is 0.808 bits per heavy atom. The van der Waals surface area contributed by atoms with Gasteiger partial charge in [-0.2, -0.15) is 0 Å². The molecule has 0 atom stereocenters. The highest BCUT2D eigenvalue weighted by atomic mass is 19.2. The molecule has 0 saturated heterocycles. The van der Waals surface area contributed by atoms with Crippen molar-refractivity contribution in [1.29, 1.82) is 0 Å². The molecule has 0 unspecified atom stereocenters. The van der Waals surface area contributed by atoms with E-state index < -0.39 is 40.6 Å². The van der Waals surface area contributed by atoms with Crippen molar-refractivity contribution < 1.29 is 31.5 Å². The number of carbonyl (C=O) groups is 1. The van der Waals surface area contributed by atoms with Gasteiger partial charge in [0.05, 0.1) is 0 Å². The van der Waals surface area contributed by atoms with Crippen LogP contribution in [-0.4, -0.2) is 5.97 Å². The van der Waals surface area contributed by atoms with Crippen molar-refractivity contribution in [3.05, 3.63) is 70.6 Å². The van der Waals surface area contributed by atoms with Gasteiger partial charge in [-0.05, 0) is 49.0 Å². The SMILES string of the molecule is O=C(Oc1ccc(C2=CCCCC2)cc1)c1c(F)c(F)c(F)c(F)c1F. The summed E-state index contributed by atoms with van der Waals surface area (Å²) in [6.07, 6.45) is 6.21. The van der Waals surface area contributed by atoms with Crippen LogP contribution in [0.3, 0.4) is 0 Å². The summed E-state index contributed by atoms with van der Waals surface area (Å²) in [6, 6.07) is 6.13. The monoisotopic (exact) mass is 368 g/mol. The normalized spacial score (nSPS) is 14.1. The van der Waals surface area contributed by atoms with Crippen LogP contribution in [0, 0.1) is 29.1 Å².